The van der Waals surface area contributed by atoms with E-state index in [-0.39, 0.29) is 11.7 Å². The molecule has 6 nitrogen and oxygen atoms in total. The van der Waals surface area contributed by atoms with Gasteiger partial charge in [0, 0.05) is 0 Å². The number of amides is 1. The number of nitrogens with zero attached hydrogens (tertiary/aromatic N) is 1. The Balaban J connectivity index is 1.90. The highest BCUT2D eigenvalue weighted by Gasteiger charge is 2.13. The number of phenols is 1. The number of hydrazone groups is 1. The highest BCUT2D eigenvalue weighted by Crippen LogP contribution is 2.26. The van der Waals surface area contributed by atoms with E-state index in [2.05, 4.69) is 17.5 Å². The van der Waals surface area contributed by atoms with Gasteiger partial charge in [-0.2, -0.15) is 5.10 Å². The van der Waals surface area contributed by atoms with Crippen LogP contribution in [0.15, 0.2) is 47.6 Å². The van der Waals surface area contributed by atoms with Crippen LogP contribution in [0.1, 0.15) is 31.9 Å². The van der Waals surface area contributed by atoms with Gasteiger partial charge < -0.3 is 14.6 Å². The normalized spacial score (nSPS) is 12.0. The molecule has 0 aromatic heterocycles. The molecule has 0 aliphatic heterocycles. The van der Waals surface area contributed by atoms with Crippen molar-refractivity contribution in [2.45, 2.75) is 33.3 Å². The molecule has 2 N–H and O–H groups in total. The summed E-state index contributed by atoms with van der Waals surface area (Å²) < 4.78 is 10.9. The zero-order valence-corrected chi connectivity index (χ0v) is 15.2. The second-order valence-electron chi connectivity index (χ2n) is 5.65. The molecule has 0 spiro atoms. The summed E-state index contributed by atoms with van der Waals surface area (Å²) in [4.78, 5) is 12.1. The van der Waals surface area contributed by atoms with Crippen LogP contribution in [0.2, 0.25) is 0 Å². The summed E-state index contributed by atoms with van der Waals surface area (Å²) in [5.74, 6) is 0.706. The van der Waals surface area contributed by atoms with E-state index in [1.165, 1.54) is 17.8 Å². The number of aryl methyl sites for hydroxylation is 1. The molecule has 0 fully saturated rings. The molecule has 0 saturated heterocycles. The Kier molecular flexibility index (Phi) is 7.02. The minimum absolute atomic E-state index is 0.0594. The molecule has 0 heterocycles. The van der Waals surface area contributed by atoms with E-state index in [0.717, 1.165) is 6.42 Å². The molecule has 26 heavy (non-hydrogen) atoms. The van der Waals surface area contributed by atoms with Crippen molar-refractivity contribution in [1.29, 1.82) is 0 Å². The number of phenolic OH excluding ortho intramolecular Hbond substituents is 1. The van der Waals surface area contributed by atoms with Crippen molar-refractivity contribution in [2.24, 2.45) is 5.10 Å². The number of hydrogen-bond acceptors (Lipinski definition) is 5. The lowest BCUT2D eigenvalue weighted by molar-refractivity contribution is -0.127. The van der Waals surface area contributed by atoms with E-state index in [4.69, 9.17) is 9.47 Å². The molecule has 2 aromatic rings. The number of ether oxygens (including phenoxy) is 2. The Hall–Kier alpha value is -3.02. The maximum Gasteiger partial charge on any atom is 0.280 e. The summed E-state index contributed by atoms with van der Waals surface area (Å²) in [5.41, 5.74) is 4.34. The van der Waals surface area contributed by atoms with Gasteiger partial charge in [-0.1, -0.05) is 19.1 Å². The Morgan fingerprint density at radius 1 is 1.23 bits per heavy atom. The first-order valence-electron chi connectivity index (χ1n) is 8.57. The van der Waals surface area contributed by atoms with E-state index in [0.29, 0.717) is 23.7 Å². The molecule has 138 valence electrons. The van der Waals surface area contributed by atoms with Crippen molar-refractivity contribution in [3.8, 4) is 17.2 Å². The number of rotatable bonds is 8. The molecule has 1 amide bonds. The van der Waals surface area contributed by atoms with Crippen LogP contribution in [0.3, 0.4) is 0 Å². The summed E-state index contributed by atoms with van der Waals surface area (Å²) >= 11 is 0. The number of benzene rings is 2. The minimum atomic E-state index is -0.682. The predicted octanol–water partition coefficient (Wildman–Crippen LogP) is 3.27. The molecule has 2 aromatic carbocycles. The zero-order valence-electron chi connectivity index (χ0n) is 15.2. The van der Waals surface area contributed by atoms with E-state index in [1.807, 2.05) is 31.2 Å². The van der Waals surface area contributed by atoms with Crippen molar-refractivity contribution >= 4 is 12.1 Å². The number of carbonyl (C=O) groups is 1. The summed E-state index contributed by atoms with van der Waals surface area (Å²) in [5, 5.41) is 13.6. The maximum atomic E-state index is 12.1. The zero-order chi connectivity index (χ0) is 18.9. The Morgan fingerprint density at radius 3 is 2.62 bits per heavy atom. The monoisotopic (exact) mass is 356 g/mol. The topological polar surface area (TPSA) is 80.2 Å². The molecule has 1 unspecified atom stereocenters. The predicted molar refractivity (Wildman–Crippen MR) is 101 cm³/mol. The van der Waals surface area contributed by atoms with E-state index >= 15 is 0 Å². The van der Waals surface area contributed by atoms with Gasteiger partial charge >= 0.3 is 0 Å². The lowest BCUT2D eigenvalue weighted by atomic mass is 10.2. The second kappa shape index (κ2) is 9.46. The van der Waals surface area contributed by atoms with Crippen molar-refractivity contribution in [3.63, 3.8) is 0 Å². The molecule has 0 radical (unpaired) electrons. The summed E-state index contributed by atoms with van der Waals surface area (Å²) in [6, 6.07) is 12.5. The van der Waals surface area contributed by atoms with Gasteiger partial charge in [-0.25, -0.2) is 5.43 Å². The van der Waals surface area contributed by atoms with Crippen molar-refractivity contribution in [2.75, 3.05) is 6.61 Å². The number of nitrogens with one attached hydrogen (secondary N) is 1. The largest absolute Gasteiger partial charge is 0.504 e. The third-order valence-electron chi connectivity index (χ3n) is 3.69. The standard InChI is InChI=1S/C20H24N2O4/c1-4-15-6-9-17(10-7-15)26-14(3)20(24)22-21-13-16-8-11-18(23)19(12-16)25-5-2/h6-14,23H,4-5H2,1-3H3,(H,22,24). The SMILES string of the molecule is CCOc1cc(C=NNC(=O)C(C)Oc2ccc(CC)cc2)ccc1O. The minimum Gasteiger partial charge on any atom is -0.504 e. The van der Waals surface area contributed by atoms with Gasteiger partial charge in [0.2, 0.25) is 0 Å². The molecular weight excluding hydrogens is 332 g/mol. The van der Waals surface area contributed by atoms with Crippen LogP contribution in [-0.4, -0.2) is 29.9 Å². The third kappa shape index (κ3) is 5.51. The van der Waals surface area contributed by atoms with Crippen LogP contribution in [0.4, 0.5) is 0 Å². The van der Waals surface area contributed by atoms with E-state index < -0.39 is 6.10 Å². The highest BCUT2D eigenvalue weighted by molar-refractivity contribution is 5.84. The Labute approximate surface area is 153 Å². The number of aromatic hydroxyl groups is 1. The molecule has 0 aliphatic carbocycles. The average molecular weight is 356 g/mol. The summed E-state index contributed by atoms with van der Waals surface area (Å²) in [6.07, 6.45) is 1.74. The van der Waals surface area contributed by atoms with Crippen molar-refractivity contribution in [1.82, 2.24) is 5.43 Å². The van der Waals surface area contributed by atoms with Crippen LogP contribution in [0.25, 0.3) is 0 Å². The van der Waals surface area contributed by atoms with Gasteiger partial charge in [0.25, 0.3) is 5.91 Å². The molecule has 2 rings (SSSR count). The first kappa shape index (κ1) is 19.3. The molecule has 0 saturated carbocycles. The molecular formula is C20H24N2O4. The van der Waals surface area contributed by atoms with Gasteiger partial charge in [0.1, 0.15) is 5.75 Å². The van der Waals surface area contributed by atoms with Gasteiger partial charge in [-0.05, 0) is 61.7 Å². The quantitative estimate of drug-likeness (QED) is 0.562. The molecule has 0 bridgehead atoms. The fourth-order valence-corrected chi connectivity index (χ4v) is 2.20. The first-order chi connectivity index (χ1) is 12.5. The Bertz CT molecular complexity index is 757. The fraction of sp³-hybridized carbons (Fsp3) is 0.300. The first-order valence-corrected chi connectivity index (χ1v) is 8.57. The highest BCUT2D eigenvalue weighted by atomic mass is 16.5. The smallest absolute Gasteiger partial charge is 0.280 e. The number of hydrogen-bond donors (Lipinski definition) is 2. The lowest BCUT2D eigenvalue weighted by Gasteiger charge is -2.13. The molecule has 0 aliphatic rings. The summed E-state index contributed by atoms with van der Waals surface area (Å²) in [6.45, 7) is 6.01. The van der Waals surface area contributed by atoms with Crippen molar-refractivity contribution in [3.05, 3.63) is 53.6 Å². The second-order valence-corrected chi connectivity index (χ2v) is 5.65. The van der Waals surface area contributed by atoms with Gasteiger partial charge in [0.15, 0.2) is 17.6 Å². The van der Waals surface area contributed by atoms with Crippen LogP contribution in [-0.2, 0) is 11.2 Å². The third-order valence-corrected chi connectivity index (χ3v) is 3.69. The average Bonchev–Trinajstić information content (AvgIpc) is 2.65. The van der Waals surface area contributed by atoms with E-state index in [9.17, 15) is 9.90 Å². The van der Waals surface area contributed by atoms with Crippen molar-refractivity contribution < 1.29 is 19.4 Å². The number of carbonyl (C=O) groups excluding carboxylic acids is 1. The Morgan fingerprint density at radius 2 is 1.96 bits per heavy atom. The van der Waals surface area contributed by atoms with Crippen LogP contribution >= 0.6 is 0 Å². The van der Waals surface area contributed by atoms with Crippen LogP contribution in [0, 0.1) is 0 Å². The maximum absolute atomic E-state index is 12.1. The fourth-order valence-electron chi connectivity index (χ4n) is 2.20. The van der Waals surface area contributed by atoms with Crippen LogP contribution in [0.5, 0.6) is 17.2 Å². The van der Waals surface area contributed by atoms with Gasteiger partial charge in [-0.15, -0.1) is 0 Å². The van der Waals surface area contributed by atoms with Crippen LogP contribution < -0.4 is 14.9 Å². The molecule has 6 heteroatoms. The summed E-state index contributed by atoms with van der Waals surface area (Å²) in [7, 11) is 0. The van der Waals surface area contributed by atoms with Gasteiger partial charge in [0.05, 0.1) is 12.8 Å². The van der Waals surface area contributed by atoms with E-state index in [1.54, 1.807) is 19.1 Å². The lowest BCUT2D eigenvalue weighted by Crippen LogP contribution is -2.33. The van der Waals surface area contributed by atoms with Gasteiger partial charge in [-0.3, -0.25) is 4.79 Å². The molecule has 1 atom stereocenters.